The van der Waals surface area contributed by atoms with Gasteiger partial charge in [-0.2, -0.15) is 0 Å². The van der Waals surface area contributed by atoms with Crippen LogP contribution < -0.4 is 10.6 Å². The third-order valence-electron chi connectivity index (χ3n) is 6.11. The van der Waals surface area contributed by atoms with E-state index in [1.165, 1.54) is 19.3 Å². The van der Waals surface area contributed by atoms with Crippen molar-refractivity contribution in [3.8, 4) is 0 Å². The Morgan fingerprint density at radius 2 is 1.93 bits per heavy atom. The summed E-state index contributed by atoms with van der Waals surface area (Å²) in [7, 11) is 0. The molecule has 3 amide bonds. The summed E-state index contributed by atoms with van der Waals surface area (Å²) in [6, 6.07) is 7.68. The van der Waals surface area contributed by atoms with Gasteiger partial charge >= 0.3 is 6.03 Å². The maximum Gasteiger partial charge on any atom is 0.321 e. The van der Waals surface area contributed by atoms with Crippen molar-refractivity contribution in [3.05, 3.63) is 29.3 Å². The molecule has 2 N–H and O–H groups in total. The smallest absolute Gasteiger partial charge is 0.321 e. The van der Waals surface area contributed by atoms with Crippen LogP contribution in [0.2, 0.25) is 5.02 Å². The molecule has 1 atom stereocenters. The zero-order valence-corrected chi connectivity index (χ0v) is 18.1. The monoisotopic (exact) mass is 420 g/mol. The van der Waals surface area contributed by atoms with Gasteiger partial charge in [-0.25, -0.2) is 4.79 Å². The summed E-state index contributed by atoms with van der Waals surface area (Å²) in [6.45, 7) is 6.44. The van der Waals surface area contributed by atoms with E-state index >= 15 is 0 Å². The largest absolute Gasteiger partial charge is 0.355 e. The van der Waals surface area contributed by atoms with Gasteiger partial charge in [-0.15, -0.1) is 0 Å². The van der Waals surface area contributed by atoms with Gasteiger partial charge in [0, 0.05) is 49.4 Å². The SMILES string of the molecule is C[C@H]1CCCCN1CCNC(=O)CC1CCN(C(=O)Nc2cccc(Cl)c2)CC1. The van der Waals surface area contributed by atoms with E-state index in [4.69, 9.17) is 11.6 Å². The summed E-state index contributed by atoms with van der Waals surface area (Å²) in [5, 5.41) is 6.57. The summed E-state index contributed by atoms with van der Waals surface area (Å²) < 4.78 is 0. The number of benzene rings is 1. The van der Waals surface area contributed by atoms with E-state index in [1.807, 2.05) is 17.0 Å². The van der Waals surface area contributed by atoms with Gasteiger partial charge in [-0.3, -0.25) is 9.69 Å². The molecule has 0 spiro atoms. The van der Waals surface area contributed by atoms with Gasteiger partial charge in [0.25, 0.3) is 0 Å². The topological polar surface area (TPSA) is 64.7 Å². The molecule has 0 aliphatic carbocycles. The van der Waals surface area contributed by atoms with Crippen molar-refractivity contribution in [3.63, 3.8) is 0 Å². The molecule has 160 valence electrons. The van der Waals surface area contributed by atoms with Gasteiger partial charge in [-0.05, 0) is 63.3 Å². The number of nitrogens with zero attached hydrogens (tertiary/aromatic N) is 2. The van der Waals surface area contributed by atoms with Gasteiger partial charge in [0.15, 0.2) is 0 Å². The number of urea groups is 1. The van der Waals surface area contributed by atoms with Crippen molar-refractivity contribution in [2.45, 2.75) is 51.5 Å². The molecule has 2 heterocycles. The predicted octanol–water partition coefficient (Wildman–Crippen LogP) is 3.96. The lowest BCUT2D eigenvalue weighted by atomic mass is 9.93. The number of hydrogen-bond donors (Lipinski definition) is 2. The van der Waals surface area contributed by atoms with E-state index in [-0.39, 0.29) is 11.9 Å². The second-order valence-electron chi connectivity index (χ2n) is 8.31. The number of piperidine rings is 2. The van der Waals surface area contributed by atoms with Crippen molar-refractivity contribution in [1.82, 2.24) is 15.1 Å². The highest BCUT2D eigenvalue weighted by molar-refractivity contribution is 6.30. The van der Waals surface area contributed by atoms with Crippen LogP contribution >= 0.6 is 11.6 Å². The number of carbonyl (C=O) groups is 2. The van der Waals surface area contributed by atoms with Crippen molar-refractivity contribution >= 4 is 29.2 Å². The van der Waals surface area contributed by atoms with Crippen LogP contribution in [0.1, 0.15) is 45.4 Å². The Morgan fingerprint density at radius 1 is 1.14 bits per heavy atom. The molecule has 0 bridgehead atoms. The lowest BCUT2D eigenvalue weighted by Gasteiger charge is -2.33. The number of amides is 3. The average molecular weight is 421 g/mol. The molecular weight excluding hydrogens is 388 g/mol. The van der Waals surface area contributed by atoms with Crippen LogP contribution in [-0.2, 0) is 4.79 Å². The van der Waals surface area contributed by atoms with E-state index in [1.54, 1.807) is 12.1 Å². The van der Waals surface area contributed by atoms with Gasteiger partial charge in [0.2, 0.25) is 5.91 Å². The number of hydrogen-bond acceptors (Lipinski definition) is 3. The summed E-state index contributed by atoms with van der Waals surface area (Å²) >= 11 is 5.96. The number of carbonyl (C=O) groups excluding carboxylic acids is 2. The molecule has 2 aliphatic heterocycles. The zero-order chi connectivity index (χ0) is 20.6. The Hall–Kier alpha value is -1.79. The molecule has 7 heteroatoms. The van der Waals surface area contributed by atoms with Crippen LogP contribution in [0.25, 0.3) is 0 Å². The lowest BCUT2D eigenvalue weighted by molar-refractivity contribution is -0.122. The fraction of sp³-hybridized carbons (Fsp3) is 0.636. The highest BCUT2D eigenvalue weighted by Crippen LogP contribution is 2.22. The van der Waals surface area contributed by atoms with Crippen molar-refractivity contribution in [2.24, 2.45) is 5.92 Å². The molecular formula is C22H33ClN4O2. The van der Waals surface area contributed by atoms with E-state index in [0.717, 1.165) is 32.5 Å². The van der Waals surface area contributed by atoms with Crippen LogP contribution in [0, 0.1) is 5.92 Å². The van der Waals surface area contributed by atoms with Crippen LogP contribution in [0.4, 0.5) is 10.5 Å². The van der Waals surface area contributed by atoms with Crippen molar-refractivity contribution in [2.75, 3.05) is 38.0 Å². The van der Waals surface area contributed by atoms with E-state index < -0.39 is 0 Å². The fourth-order valence-electron chi connectivity index (χ4n) is 4.27. The van der Waals surface area contributed by atoms with Crippen LogP contribution in [0.3, 0.4) is 0 Å². The van der Waals surface area contributed by atoms with Crippen LogP contribution in [0.5, 0.6) is 0 Å². The summed E-state index contributed by atoms with van der Waals surface area (Å²) in [5.41, 5.74) is 0.701. The zero-order valence-electron chi connectivity index (χ0n) is 17.3. The Morgan fingerprint density at radius 3 is 2.66 bits per heavy atom. The maximum atomic E-state index is 12.4. The first-order valence-electron chi connectivity index (χ1n) is 10.8. The summed E-state index contributed by atoms with van der Waals surface area (Å²) in [5.74, 6) is 0.482. The number of rotatable bonds is 6. The third-order valence-corrected chi connectivity index (χ3v) is 6.35. The quantitative estimate of drug-likeness (QED) is 0.731. The summed E-state index contributed by atoms with van der Waals surface area (Å²) in [6.07, 6.45) is 6.12. The Bertz CT molecular complexity index is 691. The van der Waals surface area contributed by atoms with Gasteiger partial charge in [0.1, 0.15) is 0 Å². The molecule has 2 aliphatic rings. The number of halogens is 1. The highest BCUT2D eigenvalue weighted by Gasteiger charge is 2.25. The first-order chi connectivity index (χ1) is 14.0. The minimum absolute atomic E-state index is 0.106. The molecule has 6 nitrogen and oxygen atoms in total. The fourth-order valence-corrected chi connectivity index (χ4v) is 4.46. The number of likely N-dealkylation sites (tertiary alicyclic amines) is 2. The molecule has 29 heavy (non-hydrogen) atoms. The first-order valence-corrected chi connectivity index (χ1v) is 11.2. The van der Waals surface area contributed by atoms with Crippen LogP contribution in [-0.4, -0.2) is 60.5 Å². The molecule has 2 fully saturated rings. The molecule has 0 aromatic heterocycles. The molecule has 1 aromatic carbocycles. The summed E-state index contributed by atoms with van der Waals surface area (Å²) in [4.78, 5) is 29.0. The molecule has 2 saturated heterocycles. The van der Waals surface area contributed by atoms with E-state index in [0.29, 0.717) is 42.2 Å². The standard InChI is InChI=1S/C22H33ClN4O2/c1-17-5-2-3-11-26(17)14-10-24-21(28)15-18-8-12-27(13-9-18)22(29)25-20-7-4-6-19(23)16-20/h4,6-7,16-18H,2-3,5,8-15H2,1H3,(H,24,28)(H,25,29)/t17-/m0/s1. The molecule has 3 rings (SSSR count). The van der Waals surface area contributed by atoms with Gasteiger partial charge in [-0.1, -0.05) is 24.1 Å². The Labute approximate surface area is 179 Å². The van der Waals surface area contributed by atoms with Crippen molar-refractivity contribution in [1.29, 1.82) is 0 Å². The highest BCUT2D eigenvalue weighted by atomic mass is 35.5. The minimum atomic E-state index is -0.106. The lowest BCUT2D eigenvalue weighted by Crippen LogP contribution is -2.43. The minimum Gasteiger partial charge on any atom is -0.355 e. The Balaban J connectivity index is 1.32. The number of nitrogens with one attached hydrogen (secondary N) is 2. The van der Waals surface area contributed by atoms with Crippen molar-refractivity contribution < 1.29 is 9.59 Å². The molecule has 0 unspecified atom stereocenters. The third kappa shape index (κ3) is 6.89. The second-order valence-corrected chi connectivity index (χ2v) is 8.74. The average Bonchev–Trinajstić information content (AvgIpc) is 2.70. The normalized spacial score (nSPS) is 21.0. The molecule has 0 radical (unpaired) electrons. The van der Waals surface area contributed by atoms with Gasteiger partial charge in [0.05, 0.1) is 0 Å². The molecule has 1 aromatic rings. The predicted molar refractivity (Wildman–Crippen MR) is 117 cm³/mol. The molecule has 0 saturated carbocycles. The Kier molecular flexibility index (Phi) is 8.19. The van der Waals surface area contributed by atoms with E-state index in [9.17, 15) is 9.59 Å². The maximum absolute atomic E-state index is 12.4. The van der Waals surface area contributed by atoms with E-state index in [2.05, 4.69) is 22.5 Å². The van der Waals surface area contributed by atoms with Gasteiger partial charge < -0.3 is 15.5 Å². The number of anilines is 1. The first kappa shape index (κ1) is 21.9. The second kappa shape index (κ2) is 10.8. The van der Waals surface area contributed by atoms with Crippen LogP contribution in [0.15, 0.2) is 24.3 Å².